The lowest BCUT2D eigenvalue weighted by Crippen LogP contribution is -2.52. The summed E-state index contributed by atoms with van der Waals surface area (Å²) in [4.78, 5) is 12.7. The zero-order valence-electron chi connectivity index (χ0n) is 16.2. The average molecular weight is 380 g/mol. The highest BCUT2D eigenvalue weighted by Gasteiger charge is 2.65. The van der Waals surface area contributed by atoms with E-state index in [-0.39, 0.29) is 22.4 Å². The van der Waals surface area contributed by atoms with Gasteiger partial charge in [-0.25, -0.2) is 13.1 Å². The molecular weight excluding hydrogens is 346 g/mol. The Morgan fingerprint density at radius 2 is 1.62 bits per heavy atom. The van der Waals surface area contributed by atoms with E-state index in [1.165, 1.54) is 38.5 Å². The molecule has 0 aromatic rings. The Kier molecular flexibility index (Phi) is 3.63. The zero-order chi connectivity index (χ0) is 18.4. The first-order chi connectivity index (χ1) is 12.1. The van der Waals surface area contributed by atoms with Crippen LogP contribution >= 0.6 is 0 Å². The van der Waals surface area contributed by atoms with E-state index >= 15 is 0 Å². The predicted molar refractivity (Wildman–Crippen MR) is 101 cm³/mol. The number of hydrogen-bond acceptors (Lipinski definition) is 3. The highest BCUT2D eigenvalue weighted by molar-refractivity contribution is 7.89. The molecule has 0 aliphatic heterocycles. The van der Waals surface area contributed by atoms with Crippen LogP contribution in [0.15, 0.2) is 0 Å². The van der Waals surface area contributed by atoms with Gasteiger partial charge in [0.2, 0.25) is 10.0 Å². The second-order valence-electron chi connectivity index (χ2n) is 11.2. The van der Waals surface area contributed by atoms with E-state index in [2.05, 4.69) is 18.6 Å². The Balaban J connectivity index is 1.31. The molecule has 26 heavy (non-hydrogen) atoms. The van der Waals surface area contributed by atoms with Gasteiger partial charge in [-0.3, -0.25) is 4.79 Å². The molecule has 6 aliphatic carbocycles. The van der Waals surface area contributed by atoms with E-state index in [0.29, 0.717) is 18.9 Å². The van der Waals surface area contributed by atoms with Gasteiger partial charge < -0.3 is 0 Å². The number of Topliss-reactive ketones (excluding diaryl/α,β-unsaturated/α-hetero) is 1. The lowest BCUT2D eigenvalue weighted by atomic mass is 9.50. The van der Waals surface area contributed by atoms with E-state index in [1.807, 2.05) is 0 Å². The van der Waals surface area contributed by atoms with Gasteiger partial charge in [-0.05, 0) is 85.9 Å². The molecular formula is C21H33NO3S. The summed E-state index contributed by atoms with van der Waals surface area (Å²) in [5.74, 6) is 3.06. The SMILES string of the molecule is CC1(C)[C@H]2CC[C@@]1(CS(=O)(=O)NCC13CC4CC(CC(C4)C1)C3)C(=O)C2. The molecule has 6 saturated carbocycles. The number of ketones is 1. The van der Waals surface area contributed by atoms with Crippen LogP contribution in [0.5, 0.6) is 0 Å². The van der Waals surface area contributed by atoms with Crippen molar-refractivity contribution in [2.75, 3.05) is 12.3 Å². The van der Waals surface area contributed by atoms with Gasteiger partial charge in [-0.1, -0.05) is 13.8 Å². The number of rotatable bonds is 5. The molecule has 4 nitrogen and oxygen atoms in total. The monoisotopic (exact) mass is 379 g/mol. The van der Waals surface area contributed by atoms with Crippen molar-refractivity contribution in [3.8, 4) is 0 Å². The summed E-state index contributed by atoms with van der Waals surface area (Å²) >= 11 is 0. The van der Waals surface area contributed by atoms with Gasteiger partial charge in [0.15, 0.2) is 0 Å². The normalized spacial score (nSPS) is 48.5. The molecule has 0 heterocycles. The van der Waals surface area contributed by atoms with Crippen molar-refractivity contribution in [3.63, 3.8) is 0 Å². The number of fused-ring (bicyclic) bond motifs is 2. The standard InChI is InChI=1S/C21H33NO3S/c1-19(2)17-3-4-21(19,18(23)8-17)13-26(24,25)22-12-20-9-14-5-15(10-20)7-16(6-14)11-20/h14-17,22H,3-13H2,1-2H3/t14?,15?,16?,17-,20?,21+/m0/s1. The molecule has 2 atom stereocenters. The van der Waals surface area contributed by atoms with Crippen LogP contribution in [0.1, 0.15) is 71.6 Å². The van der Waals surface area contributed by atoms with Crippen LogP contribution in [0.25, 0.3) is 0 Å². The van der Waals surface area contributed by atoms with Gasteiger partial charge in [-0.2, -0.15) is 0 Å². The van der Waals surface area contributed by atoms with Gasteiger partial charge in [0.1, 0.15) is 5.78 Å². The molecule has 1 N–H and O–H groups in total. The highest BCUT2D eigenvalue weighted by Crippen LogP contribution is 2.64. The largest absolute Gasteiger partial charge is 0.299 e. The molecule has 0 saturated heterocycles. The van der Waals surface area contributed by atoms with Crippen molar-refractivity contribution in [2.45, 2.75) is 71.6 Å². The fourth-order valence-corrected chi connectivity index (χ4v) is 10.2. The molecule has 0 aromatic carbocycles. The number of carbonyl (C=O) groups is 1. The number of sulfonamides is 1. The van der Waals surface area contributed by atoms with Gasteiger partial charge in [-0.15, -0.1) is 0 Å². The topological polar surface area (TPSA) is 63.2 Å². The highest BCUT2D eigenvalue weighted by atomic mass is 32.2. The van der Waals surface area contributed by atoms with Gasteiger partial charge in [0.05, 0.1) is 5.75 Å². The van der Waals surface area contributed by atoms with E-state index in [4.69, 9.17) is 0 Å². The first kappa shape index (κ1) is 17.7. The van der Waals surface area contributed by atoms with Crippen LogP contribution in [0, 0.1) is 39.9 Å². The molecule has 0 spiro atoms. The minimum atomic E-state index is -3.43. The van der Waals surface area contributed by atoms with E-state index < -0.39 is 15.4 Å². The molecule has 0 radical (unpaired) electrons. The van der Waals surface area contributed by atoms with Crippen LogP contribution in [-0.2, 0) is 14.8 Å². The Hall–Kier alpha value is -0.420. The van der Waals surface area contributed by atoms with Crippen LogP contribution < -0.4 is 4.72 Å². The third-order valence-corrected chi connectivity index (χ3v) is 10.9. The number of nitrogens with one attached hydrogen (secondary N) is 1. The van der Waals surface area contributed by atoms with Crippen molar-refractivity contribution in [1.82, 2.24) is 4.72 Å². The van der Waals surface area contributed by atoms with Crippen LogP contribution in [-0.4, -0.2) is 26.5 Å². The van der Waals surface area contributed by atoms with Crippen molar-refractivity contribution < 1.29 is 13.2 Å². The maximum atomic E-state index is 13.0. The number of carbonyl (C=O) groups excluding carboxylic acids is 1. The lowest BCUT2D eigenvalue weighted by Gasteiger charge is -2.57. The molecule has 6 rings (SSSR count). The lowest BCUT2D eigenvalue weighted by molar-refractivity contribution is -0.128. The Morgan fingerprint density at radius 1 is 1.04 bits per heavy atom. The fourth-order valence-electron chi connectivity index (χ4n) is 8.25. The molecule has 0 aromatic heterocycles. The van der Waals surface area contributed by atoms with Gasteiger partial charge >= 0.3 is 0 Å². The second kappa shape index (κ2) is 5.34. The van der Waals surface area contributed by atoms with Gasteiger partial charge in [0, 0.05) is 18.4 Å². The van der Waals surface area contributed by atoms with Crippen molar-refractivity contribution in [2.24, 2.45) is 39.9 Å². The first-order valence-electron chi connectivity index (χ1n) is 10.6. The molecule has 0 unspecified atom stereocenters. The number of hydrogen-bond donors (Lipinski definition) is 1. The smallest absolute Gasteiger partial charge is 0.212 e. The Morgan fingerprint density at radius 3 is 2.08 bits per heavy atom. The molecule has 6 fully saturated rings. The Labute approximate surface area is 157 Å². The molecule has 0 amide bonds. The zero-order valence-corrected chi connectivity index (χ0v) is 17.0. The summed E-state index contributed by atoms with van der Waals surface area (Å²) in [5.41, 5.74) is -0.628. The first-order valence-corrected chi connectivity index (χ1v) is 12.3. The maximum Gasteiger partial charge on any atom is 0.212 e. The second-order valence-corrected chi connectivity index (χ2v) is 13.0. The summed E-state index contributed by atoms with van der Waals surface area (Å²) in [6, 6.07) is 0. The third kappa shape index (κ3) is 2.41. The quantitative estimate of drug-likeness (QED) is 0.795. The third-order valence-electron chi connectivity index (χ3n) is 9.41. The molecule has 6 bridgehead atoms. The van der Waals surface area contributed by atoms with Crippen LogP contribution in [0.4, 0.5) is 0 Å². The summed E-state index contributed by atoms with van der Waals surface area (Å²) in [7, 11) is -3.43. The summed E-state index contributed by atoms with van der Waals surface area (Å²) in [6.45, 7) is 4.83. The van der Waals surface area contributed by atoms with Crippen molar-refractivity contribution in [3.05, 3.63) is 0 Å². The van der Waals surface area contributed by atoms with Crippen molar-refractivity contribution in [1.29, 1.82) is 0 Å². The summed E-state index contributed by atoms with van der Waals surface area (Å²) < 4.78 is 29.1. The fraction of sp³-hybridized carbons (Fsp3) is 0.952. The Bertz CT molecular complexity index is 705. The van der Waals surface area contributed by atoms with Crippen LogP contribution in [0.3, 0.4) is 0 Å². The minimum absolute atomic E-state index is 0.00863. The van der Waals surface area contributed by atoms with Gasteiger partial charge in [0.25, 0.3) is 0 Å². The molecule has 6 aliphatic rings. The summed E-state index contributed by atoms with van der Waals surface area (Å²) in [6.07, 6.45) is 10.1. The van der Waals surface area contributed by atoms with E-state index in [1.54, 1.807) is 0 Å². The average Bonchev–Trinajstić information content (AvgIpc) is 2.86. The predicted octanol–water partition coefficient (Wildman–Crippen LogP) is 3.52. The van der Waals surface area contributed by atoms with Crippen molar-refractivity contribution >= 4 is 15.8 Å². The maximum absolute atomic E-state index is 13.0. The molecule has 5 heteroatoms. The van der Waals surface area contributed by atoms with E-state index in [9.17, 15) is 13.2 Å². The summed E-state index contributed by atoms with van der Waals surface area (Å²) in [5, 5.41) is 0. The minimum Gasteiger partial charge on any atom is -0.299 e. The van der Waals surface area contributed by atoms with Crippen LogP contribution in [0.2, 0.25) is 0 Å². The molecule has 146 valence electrons. The van der Waals surface area contributed by atoms with E-state index in [0.717, 1.165) is 30.6 Å².